The number of ether oxygens (including phenoxy) is 1. The highest BCUT2D eigenvalue weighted by Crippen LogP contribution is 2.31. The molecule has 0 aliphatic carbocycles. The SMILES string of the molecule is CCCCNc1c(N)c(Cl)nc(C)c1C(=O)OCC. The zero-order valence-corrected chi connectivity index (χ0v) is 12.3. The molecule has 0 spiro atoms. The summed E-state index contributed by atoms with van der Waals surface area (Å²) in [4.78, 5) is 16.0. The van der Waals surface area contributed by atoms with Crippen LogP contribution >= 0.6 is 11.6 Å². The number of esters is 1. The van der Waals surface area contributed by atoms with Crippen molar-refractivity contribution < 1.29 is 9.53 Å². The number of carbonyl (C=O) groups is 1. The Balaban J connectivity index is 3.18. The van der Waals surface area contributed by atoms with Gasteiger partial charge >= 0.3 is 5.97 Å². The van der Waals surface area contributed by atoms with Gasteiger partial charge in [0.05, 0.1) is 23.7 Å². The van der Waals surface area contributed by atoms with Crippen molar-refractivity contribution in [3.8, 4) is 0 Å². The van der Waals surface area contributed by atoms with E-state index in [-0.39, 0.29) is 10.8 Å². The molecule has 3 N–H and O–H groups in total. The van der Waals surface area contributed by atoms with Gasteiger partial charge in [0, 0.05) is 6.54 Å². The highest BCUT2D eigenvalue weighted by Gasteiger charge is 2.21. The number of anilines is 2. The summed E-state index contributed by atoms with van der Waals surface area (Å²) in [6, 6.07) is 0. The maximum Gasteiger partial charge on any atom is 0.342 e. The molecule has 6 heteroatoms. The first-order valence-corrected chi connectivity index (χ1v) is 6.77. The standard InChI is InChI=1S/C13H20ClN3O2/c1-4-6-7-16-11-9(13(18)19-5-2)8(3)17-12(14)10(11)15/h4-7,15H2,1-3H3,(H,16,17). The molecule has 0 radical (unpaired) electrons. The Morgan fingerprint density at radius 1 is 1.47 bits per heavy atom. The smallest absolute Gasteiger partial charge is 0.342 e. The largest absolute Gasteiger partial charge is 0.462 e. The summed E-state index contributed by atoms with van der Waals surface area (Å²) in [6.45, 7) is 6.57. The number of halogens is 1. The number of nitrogens with one attached hydrogen (secondary N) is 1. The molecule has 1 rings (SSSR count). The molecule has 0 amide bonds. The van der Waals surface area contributed by atoms with E-state index in [1.54, 1.807) is 13.8 Å². The van der Waals surface area contributed by atoms with E-state index >= 15 is 0 Å². The number of rotatable bonds is 6. The van der Waals surface area contributed by atoms with Crippen LogP contribution in [0.4, 0.5) is 11.4 Å². The Hall–Kier alpha value is -1.49. The number of aromatic nitrogens is 1. The van der Waals surface area contributed by atoms with Gasteiger partial charge in [-0.05, 0) is 20.3 Å². The number of nitrogens with two attached hydrogens (primary N) is 1. The molecule has 0 aliphatic rings. The molecule has 0 atom stereocenters. The minimum absolute atomic E-state index is 0.199. The van der Waals surface area contributed by atoms with Gasteiger partial charge < -0.3 is 15.8 Å². The van der Waals surface area contributed by atoms with Gasteiger partial charge in [0.15, 0.2) is 5.15 Å². The summed E-state index contributed by atoms with van der Waals surface area (Å²) in [6.07, 6.45) is 2.01. The lowest BCUT2D eigenvalue weighted by Gasteiger charge is -2.16. The molecule has 5 nitrogen and oxygen atoms in total. The third kappa shape index (κ3) is 3.73. The van der Waals surface area contributed by atoms with E-state index in [1.807, 2.05) is 0 Å². The molecule has 0 bridgehead atoms. The second kappa shape index (κ2) is 7.19. The third-order valence-electron chi connectivity index (χ3n) is 2.68. The van der Waals surface area contributed by atoms with Crippen LogP contribution in [0.25, 0.3) is 0 Å². The van der Waals surface area contributed by atoms with Crippen molar-refractivity contribution in [2.45, 2.75) is 33.6 Å². The summed E-state index contributed by atoms with van der Waals surface area (Å²) in [5, 5.41) is 3.35. The van der Waals surface area contributed by atoms with Gasteiger partial charge in [-0.15, -0.1) is 0 Å². The first-order valence-electron chi connectivity index (χ1n) is 6.39. The van der Waals surface area contributed by atoms with Crippen LogP contribution in [0, 0.1) is 6.92 Å². The Bertz CT molecular complexity index is 464. The molecule has 0 saturated heterocycles. The van der Waals surface area contributed by atoms with Crippen LogP contribution in [0.3, 0.4) is 0 Å². The molecule has 0 saturated carbocycles. The van der Waals surface area contributed by atoms with Crippen molar-refractivity contribution in [2.24, 2.45) is 0 Å². The van der Waals surface area contributed by atoms with E-state index in [0.717, 1.165) is 12.8 Å². The van der Waals surface area contributed by atoms with Crippen molar-refractivity contribution in [2.75, 3.05) is 24.2 Å². The summed E-state index contributed by atoms with van der Waals surface area (Å²) in [5.74, 6) is -0.435. The molecular weight excluding hydrogens is 266 g/mol. The van der Waals surface area contributed by atoms with Crippen LogP contribution in [0.1, 0.15) is 42.7 Å². The predicted octanol–water partition coefficient (Wildman–Crippen LogP) is 3.01. The maximum atomic E-state index is 12.0. The number of aryl methyl sites for hydroxylation is 1. The summed E-state index contributed by atoms with van der Waals surface area (Å²) in [7, 11) is 0. The number of nitrogen functional groups attached to an aromatic ring is 1. The highest BCUT2D eigenvalue weighted by molar-refractivity contribution is 6.32. The quantitative estimate of drug-likeness (QED) is 0.477. The number of nitrogens with zero attached hydrogens (tertiary/aromatic N) is 1. The van der Waals surface area contributed by atoms with Crippen LogP contribution in [0.5, 0.6) is 0 Å². The zero-order chi connectivity index (χ0) is 14.4. The van der Waals surface area contributed by atoms with Gasteiger partial charge in [-0.2, -0.15) is 0 Å². The van der Waals surface area contributed by atoms with Crippen molar-refractivity contribution in [3.05, 3.63) is 16.4 Å². The molecule has 0 unspecified atom stereocenters. The number of carbonyl (C=O) groups excluding carboxylic acids is 1. The number of hydrogen-bond acceptors (Lipinski definition) is 5. The van der Waals surface area contributed by atoms with E-state index in [9.17, 15) is 4.79 Å². The van der Waals surface area contributed by atoms with Crippen molar-refractivity contribution in [1.82, 2.24) is 4.98 Å². The Kier molecular flexibility index (Phi) is 5.89. The minimum Gasteiger partial charge on any atom is -0.462 e. The van der Waals surface area contributed by atoms with Gasteiger partial charge in [-0.25, -0.2) is 9.78 Å². The Morgan fingerprint density at radius 2 is 2.16 bits per heavy atom. The normalized spacial score (nSPS) is 10.3. The first-order chi connectivity index (χ1) is 9.02. The molecule has 1 aromatic heterocycles. The summed E-state index contributed by atoms with van der Waals surface area (Å²) in [5.41, 5.74) is 7.58. The lowest BCUT2D eigenvalue weighted by Crippen LogP contribution is -2.15. The minimum atomic E-state index is -0.435. The van der Waals surface area contributed by atoms with Gasteiger partial charge in [-0.1, -0.05) is 24.9 Å². The zero-order valence-electron chi connectivity index (χ0n) is 11.5. The van der Waals surface area contributed by atoms with Gasteiger partial charge in [0.1, 0.15) is 5.56 Å². The van der Waals surface area contributed by atoms with Gasteiger partial charge in [0.2, 0.25) is 0 Å². The van der Waals surface area contributed by atoms with Crippen LogP contribution in [-0.2, 0) is 4.74 Å². The molecule has 106 valence electrons. The van der Waals surface area contributed by atoms with Crippen molar-refractivity contribution in [3.63, 3.8) is 0 Å². The van der Waals surface area contributed by atoms with Gasteiger partial charge in [-0.3, -0.25) is 0 Å². The fraction of sp³-hybridized carbons (Fsp3) is 0.538. The van der Waals surface area contributed by atoms with Crippen molar-refractivity contribution >= 4 is 28.9 Å². The molecule has 0 aromatic carbocycles. The second-order valence-electron chi connectivity index (χ2n) is 4.15. The Labute approximate surface area is 118 Å². The summed E-state index contributed by atoms with van der Waals surface area (Å²) < 4.78 is 5.03. The molecule has 19 heavy (non-hydrogen) atoms. The van der Waals surface area contributed by atoms with E-state index in [0.29, 0.717) is 30.1 Å². The van der Waals surface area contributed by atoms with E-state index in [4.69, 9.17) is 22.1 Å². The average molecular weight is 286 g/mol. The van der Waals surface area contributed by atoms with Crippen LogP contribution < -0.4 is 11.1 Å². The monoisotopic (exact) mass is 285 g/mol. The first kappa shape index (κ1) is 15.6. The molecule has 0 aliphatic heterocycles. The number of hydrogen-bond donors (Lipinski definition) is 2. The van der Waals surface area contributed by atoms with E-state index in [1.165, 1.54) is 0 Å². The Morgan fingerprint density at radius 3 is 2.74 bits per heavy atom. The third-order valence-corrected chi connectivity index (χ3v) is 2.97. The summed E-state index contributed by atoms with van der Waals surface area (Å²) >= 11 is 5.96. The fourth-order valence-corrected chi connectivity index (χ4v) is 1.93. The molecule has 1 heterocycles. The lowest BCUT2D eigenvalue weighted by atomic mass is 10.1. The van der Waals surface area contributed by atoms with Crippen LogP contribution in [0.15, 0.2) is 0 Å². The fourth-order valence-electron chi connectivity index (χ4n) is 1.71. The maximum absolute atomic E-state index is 12.0. The van der Waals surface area contributed by atoms with E-state index in [2.05, 4.69) is 17.2 Å². The molecule has 1 aromatic rings. The molecular formula is C13H20ClN3O2. The second-order valence-corrected chi connectivity index (χ2v) is 4.51. The number of unbranched alkanes of at least 4 members (excludes halogenated alkanes) is 1. The van der Waals surface area contributed by atoms with Gasteiger partial charge in [0.25, 0.3) is 0 Å². The van der Waals surface area contributed by atoms with E-state index < -0.39 is 5.97 Å². The highest BCUT2D eigenvalue weighted by atomic mass is 35.5. The topological polar surface area (TPSA) is 77.2 Å². The van der Waals surface area contributed by atoms with Crippen LogP contribution in [0.2, 0.25) is 5.15 Å². The number of pyridine rings is 1. The van der Waals surface area contributed by atoms with Crippen molar-refractivity contribution in [1.29, 1.82) is 0 Å². The molecule has 0 fully saturated rings. The average Bonchev–Trinajstić information content (AvgIpc) is 2.35. The van der Waals surface area contributed by atoms with Crippen LogP contribution in [-0.4, -0.2) is 24.1 Å². The predicted molar refractivity (Wildman–Crippen MR) is 77.8 cm³/mol. The lowest BCUT2D eigenvalue weighted by molar-refractivity contribution is 0.0526.